The number of rotatable bonds is 2. The first-order chi connectivity index (χ1) is 8.19. The number of piperidine rings is 1. The van der Waals surface area contributed by atoms with E-state index in [-0.39, 0.29) is 17.8 Å². The van der Waals surface area contributed by atoms with Crippen LogP contribution in [0.1, 0.15) is 26.2 Å². The Kier molecular flexibility index (Phi) is 3.89. The van der Waals surface area contributed by atoms with Crippen LogP contribution in [0.4, 0.5) is 4.79 Å². The Hall–Kier alpha value is -0.810. The molecule has 2 rings (SSSR count). The molecule has 1 amide bonds. The molecule has 0 bridgehead atoms. The first kappa shape index (κ1) is 12.6. The van der Waals surface area contributed by atoms with Gasteiger partial charge in [0.05, 0.1) is 24.9 Å². The molecule has 98 valence electrons. The van der Waals surface area contributed by atoms with Crippen molar-refractivity contribution in [2.24, 2.45) is 0 Å². The zero-order chi connectivity index (χ0) is 12.3. The first-order valence-electron chi connectivity index (χ1n) is 6.27. The molecule has 2 heterocycles. The number of methoxy groups -OCH3 is 1. The summed E-state index contributed by atoms with van der Waals surface area (Å²) in [6, 6.07) is 0. The summed E-state index contributed by atoms with van der Waals surface area (Å²) in [4.78, 5) is 13.3. The molecule has 2 aliphatic rings. The predicted molar refractivity (Wildman–Crippen MR) is 61.9 cm³/mol. The first-order valence-corrected chi connectivity index (χ1v) is 6.27. The highest BCUT2D eigenvalue weighted by atomic mass is 16.6. The second-order valence-corrected chi connectivity index (χ2v) is 4.74. The van der Waals surface area contributed by atoms with Gasteiger partial charge in [-0.05, 0) is 19.8 Å². The molecular formula is C12H21NO4. The van der Waals surface area contributed by atoms with Gasteiger partial charge in [-0.15, -0.1) is 0 Å². The molecule has 5 nitrogen and oxygen atoms in total. The fourth-order valence-corrected chi connectivity index (χ4v) is 2.61. The zero-order valence-corrected chi connectivity index (χ0v) is 10.6. The summed E-state index contributed by atoms with van der Waals surface area (Å²) in [7, 11) is 1.72. The van der Waals surface area contributed by atoms with Crippen LogP contribution in [0, 0.1) is 0 Å². The molecule has 2 aliphatic heterocycles. The van der Waals surface area contributed by atoms with Gasteiger partial charge < -0.3 is 19.1 Å². The van der Waals surface area contributed by atoms with Gasteiger partial charge in [0, 0.05) is 26.6 Å². The van der Waals surface area contributed by atoms with Crippen LogP contribution in [0.5, 0.6) is 0 Å². The number of amides is 1. The van der Waals surface area contributed by atoms with Crippen LogP contribution < -0.4 is 0 Å². The number of carbonyl (C=O) groups is 1. The average molecular weight is 243 g/mol. The number of nitrogens with zero attached hydrogens (tertiary/aromatic N) is 1. The van der Waals surface area contributed by atoms with E-state index < -0.39 is 0 Å². The van der Waals surface area contributed by atoms with Gasteiger partial charge in [-0.1, -0.05) is 0 Å². The Balaban J connectivity index is 1.84. The molecule has 2 fully saturated rings. The van der Waals surface area contributed by atoms with E-state index in [1.54, 1.807) is 12.0 Å². The van der Waals surface area contributed by atoms with Crippen LogP contribution in [0.3, 0.4) is 0 Å². The lowest BCUT2D eigenvalue weighted by Crippen LogP contribution is -2.46. The Labute approximate surface area is 102 Å². The van der Waals surface area contributed by atoms with E-state index >= 15 is 0 Å². The van der Waals surface area contributed by atoms with Crippen molar-refractivity contribution < 1.29 is 19.0 Å². The van der Waals surface area contributed by atoms with Gasteiger partial charge in [-0.3, -0.25) is 0 Å². The molecule has 0 aromatic rings. The van der Waals surface area contributed by atoms with E-state index in [1.807, 2.05) is 6.92 Å². The monoisotopic (exact) mass is 243 g/mol. The largest absolute Gasteiger partial charge is 0.450 e. The van der Waals surface area contributed by atoms with Crippen LogP contribution in [0.15, 0.2) is 0 Å². The SMILES string of the molecule is CCOC(=O)N1CCC2(CC1)CC(OC)CO2. The summed E-state index contributed by atoms with van der Waals surface area (Å²) in [5, 5.41) is 0. The third-order valence-corrected chi connectivity index (χ3v) is 3.71. The van der Waals surface area contributed by atoms with Gasteiger partial charge in [-0.2, -0.15) is 0 Å². The molecule has 1 unspecified atom stereocenters. The van der Waals surface area contributed by atoms with E-state index in [0.29, 0.717) is 13.2 Å². The minimum atomic E-state index is -0.205. The maximum absolute atomic E-state index is 11.6. The maximum Gasteiger partial charge on any atom is 0.409 e. The van der Waals surface area contributed by atoms with Crippen LogP contribution >= 0.6 is 0 Å². The van der Waals surface area contributed by atoms with Gasteiger partial charge in [0.1, 0.15) is 0 Å². The van der Waals surface area contributed by atoms with Crippen molar-refractivity contribution in [3.8, 4) is 0 Å². The van der Waals surface area contributed by atoms with Crippen molar-refractivity contribution in [3.05, 3.63) is 0 Å². The Bertz CT molecular complexity index is 274. The minimum Gasteiger partial charge on any atom is -0.450 e. The van der Waals surface area contributed by atoms with E-state index in [1.165, 1.54) is 0 Å². The number of hydrogen-bond acceptors (Lipinski definition) is 4. The lowest BCUT2D eigenvalue weighted by Gasteiger charge is -2.37. The molecule has 17 heavy (non-hydrogen) atoms. The number of carbonyl (C=O) groups excluding carboxylic acids is 1. The van der Waals surface area contributed by atoms with Gasteiger partial charge >= 0.3 is 6.09 Å². The van der Waals surface area contributed by atoms with Gasteiger partial charge in [0.15, 0.2) is 0 Å². The number of likely N-dealkylation sites (tertiary alicyclic amines) is 1. The summed E-state index contributed by atoms with van der Waals surface area (Å²) in [5.41, 5.74) is -0.0658. The molecule has 1 atom stereocenters. The standard InChI is InChI=1S/C12H21NO4/c1-3-16-11(14)13-6-4-12(5-7-13)8-10(15-2)9-17-12/h10H,3-9H2,1-2H3. The van der Waals surface area contributed by atoms with Gasteiger partial charge in [0.2, 0.25) is 0 Å². The highest BCUT2D eigenvalue weighted by Gasteiger charge is 2.43. The van der Waals surface area contributed by atoms with Crippen molar-refractivity contribution in [3.63, 3.8) is 0 Å². The molecule has 2 saturated heterocycles. The highest BCUT2D eigenvalue weighted by Crippen LogP contribution is 2.36. The highest BCUT2D eigenvalue weighted by molar-refractivity contribution is 5.67. The minimum absolute atomic E-state index is 0.0658. The second-order valence-electron chi connectivity index (χ2n) is 4.74. The summed E-state index contributed by atoms with van der Waals surface area (Å²) in [6.07, 6.45) is 2.71. The maximum atomic E-state index is 11.6. The molecule has 0 aromatic heterocycles. The van der Waals surface area contributed by atoms with Gasteiger partial charge in [-0.25, -0.2) is 4.79 Å². The zero-order valence-electron chi connectivity index (χ0n) is 10.6. The van der Waals surface area contributed by atoms with Crippen LogP contribution in [0.2, 0.25) is 0 Å². The molecule has 0 radical (unpaired) electrons. The average Bonchev–Trinajstić information content (AvgIpc) is 2.74. The van der Waals surface area contributed by atoms with Crippen LogP contribution in [0.25, 0.3) is 0 Å². The molecule has 0 N–H and O–H groups in total. The van der Waals surface area contributed by atoms with E-state index in [9.17, 15) is 4.79 Å². The molecular weight excluding hydrogens is 222 g/mol. The molecule has 0 aliphatic carbocycles. The van der Waals surface area contributed by atoms with Crippen molar-refractivity contribution in [1.29, 1.82) is 0 Å². The summed E-state index contributed by atoms with van der Waals surface area (Å²) >= 11 is 0. The van der Waals surface area contributed by atoms with Gasteiger partial charge in [0.25, 0.3) is 0 Å². The Morgan fingerprint density at radius 3 is 2.71 bits per heavy atom. The Morgan fingerprint density at radius 2 is 2.18 bits per heavy atom. The summed E-state index contributed by atoms with van der Waals surface area (Å²) in [6.45, 7) is 4.37. The number of hydrogen-bond donors (Lipinski definition) is 0. The predicted octanol–water partition coefficient (Wildman–Crippen LogP) is 1.41. The van der Waals surface area contributed by atoms with E-state index in [2.05, 4.69) is 0 Å². The van der Waals surface area contributed by atoms with Crippen molar-refractivity contribution in [2.45, 2.75) is 37.9 Å². The third kappa shape index (κ3) is 2.72. The van der Waals surface area contributed by atoms with Crippen molar-refractivity contribution in [2.75, 3.05) is 33.4 Å². The van der Waals surface area contributed by atoms with Crippen molar-refractivity contribution >= 4 is 6.09 Å². The topological polar surface area (TPSA) is 48.0 Å². The summed E-state index contributed by atoms with van der Waals surface area (Å²) in [5.74, 6) is 0. The summed E-state index contributed by atoms with van der Waals surface area (Å²) < 4.78 is 16.2. The third-order valence-electron chi connectivity index (χ3n) is 3.71. The van der Waals surface area contributed by atoms with E-state index in [4.69, 9.17) is 14.2 Å². The van der Waals surface area contributed by atoms with E-state index in [0.717, 1.165) is 32.4 Å². The van der Waals surface area contributed by atoms with Crippen LogP contribution in [-0.4, -0.2) is 56.1 Å². The molecule has 0 aromatic carbocycles. The lowest BCUT2D eigenvalue weighted by molar-refractivity contribution is -0.0427. The fraction of sp³-hybridized carbons (Fsp3) is 0.917. The smallest absolute Gasteiger partial charge is 0.409 e. The van der Waals surface area contributed by atoms with Crippen molar-refractivity contribution in [1.82, 2.24) is 4.90 Å². The normalized spacial score (nSPS) is 27.4. The molecule has 5 heteroatoms. The fourth-order valence-electron chi connectivity index (χ4n) is 2.61. The van der Waals surface area contributed by atoms with Crippen LogP contribution in [-0.2, 0) is 14.2 Å². The lowest BCUT2D eigenvalue weighted by atomic mass is 9.88. The number of ether oxygens (including phenoxy) is 3. The Morgan fingerprint density at radius 1 is 1.47 bits per heavy atom. The molecule has 1 spiro atoms. The molecule has 0 saturated carbocycles. The second kappa shape index (κ2) is 5.23. The quantitative estimate of drug-likeness (QED) is 0.736.